The lowest BCUT2D eigenvalue weighted by molar-refractivity contribution is 0.780. The maximum Gasteiger partial charge on any atom is 0.160 e. The molecule has 0 aromatic carbocycles. The van der Waals surface area contributed by atoms with E-state index in [1.165, 1.54) is 0 Å². The molecule has 0 aliphatic heterocycles. The summed E-state index contributed by atoms with van der Waals surface area (Å²) in [5.41, 5.74) is 7.71. The minimum Gasteiger partial charge on any atom is -0.381 e. The van der Waals surface area contributed by atoms with Crippen LogP contribution in [-0.2, 0) is 7.05 Å². The van der Waals surface area contributed by atoms with Crippen molar-refractivity contribution in [3.63, 3.8) is 0 Å². The second-order valence-corrected chi connectivity index (χ2v) is 3.56. The summed E-state index contributed by atoms with van der Waals surface area (Å²) in [6.45, 7) is 0. The van der Waals surface area contributed by atoms with Gasteiger partial charge in [-0.05, 0) is 22.0 Å². The molecule has 3 N–H and O–H groups in total. The van der Waals surface area contributed by atoms with Crippen molar-refractivity contribution in [3.8, 4) is 11.3 Å². The van der Waals surface area contributed by atoms with Crippen LogP contribution in [0.2, 0.25) is 0 Å². The smallest absolute Gasteiger partial charge is 0.160 e. The highest BCUT2D eigenvalue weighted by Crippen LogP contribution is 2.31. The van der Waals surface area contributed by atoms with Gasteiger partial charge in [0.05, 0.1) is 10.2 Å². The molecule has 13 heavy (non-hydrogen) atoms. The van der Waals surface area contributed by atoms with E-state index in [0.717, 1.165) is 15.7 Å². The van der Waals surface area contributed by atoms with Crippen LogP contribution in [0.15, 0.2) is 22.9 Å². The van der Waals surface area contributed by atoms with Gasteiger partial charge in [0.25, 0.3) is 0 Å². The van der Waals surface area contributed by atoms with Crippen LogP contribution in [0.4, 0.5) is 5.82 Å². The third-order valence-corrected chi connectivity index (χ3v) is 2.67. The van der Waals surface area contributed by atoms with E-state index in [9.17, 15) is 0 Å². The minimum atomic E-state index is 0.513. The molecule has 2 aromatic rings. The van der Waals surface area contributed by atoms with Crippen molar-refractivity contribution in [2.75, 3.05) is 5.73 Å². The number of H-pyrrole nitrogens is 1. The molecule has 0 saturated carbocycles. The Hall–Kier alpha value is -1.23. The zero-order valence-corrected chi connectivity index (χ0v) is 8.67. The number of halogens is 1. The van der Waals surface area contributed by atoms with Crippen molar-refractivity contribution in [2.24, 2.45) is 7.05 Å². The summed E-state index contributed by atoms with van der Waals surface area (Å²) in [5, 5.41) is 4.10. The van der Waals surface area contributed by atoms with Crippen LogP contribution in [0.25, 0.3) is 11.3 Å². The lowest BCUT2D eigenvalue weighted by Crippen LogP contribution is -1.93. The average molecular weight is 241 g/mol. The Labute approximate surface area is 83.9 Å². The summed E-state index contributed by atoms with van der Waals surface area (Å²) in [4.78, 5) is 2.99. The van der Waals surface area contributed by atoms with Crippen LogP contribution < -0.4 is 5.73 Å². The Morgan fingerprint density at radius 2 is 2.38 bits per heavy atom. The predicted molar refractivity (Wildman–Crippen MR) is 55.1 cm³/mol. The quantitative estimate of drug-likeness (QED) is 0.799. The number of aromatic nitrogens is 3. The largest absolute Gasteiger partial charge is 0.381 e. The van der Waals surface area contributed by atoms with E-state index in [4.69, 9.17) is 5.73 Å². The first-order valence-corrected chi connectivity index (χ1v) is 4.60. The predicted octanol–water partition coefficient (Wildman–Crippen LogP) is 1.76. The van der Waals surface area contributed by atoms with Crippen LogP contribution >= 0.6 is 15.9 Å². The Morgan fingerprint density at radius 1 is 1.62 bits per heavy atom. The molecule has 2 heterocycles. The number of nitrogens with one attached hydrogen (secondary N) is 1. The lowest BCUT2D eigenvalue weighted by Gasteiger charge is -1.97. The van der Waals surface area contributed by atoms with Crippen molar-refractivity contribution in [1.82, 2.24) is 14.8 Å². The van der Waals surface area contributed by atoms with Gasteiger partial charge in [-0.2, -0.15) is 5.10 Å². The standard InChI is InChI=1S/C8H9BrN4/c1-13-7(5-2-3-11-4-5)6(9)8(10)12-13/h2-4,11H,1H3,(H2,10,12). The lowest BCUT2D eigenvalue weighted by atomic mass is 10.2. The third kappa shape index (κ3) is 1.25. The summed E-state index contributed by atoms with van der Waals surface area (Å²) >= 11 is 3.40. The first-order chi connectivity index (χ1) is 6.20. The molecular weight excluding hydrogens is 232 g/mol. The fourth-order valence-corrected chi connectivity index (χ4v) is 1.87. The van der Waals surface area contributed by atoms with Gasteiger partial charge in [-0.25, -0.2) is 0 Å². The summed E-state index contributed by atoms with van der Waals surface area (Å²) < 4.78 is 2.59. The Bertz CT molecular complexity index is 416. The molecule has 0 unspecified atom stereocenters. The molecule has 0 fully saturated rings. The van der Waals surface area contributed by atoms with E-state index in [-0.39, 0.29) is 0 Å². The van der Waals surface area contributed by atoms with Crippen LogP contribution in [0.1, 0.15) is 0 Å². The first kappa shape index (κ1) is 8.37. The molecule has 2 rings (SSSR count). The molecule has 5 heteroatoms. The normalized spacial score (nSPS) is 10.6. The van der Waals surface area contributed by atoms with Gasteiger partial charge < -0.3 is 10.7 Å². The molecule has 4 nitrogen and oxygen atoms in total. The van der Waals surface area contributed by atoms with E-state index in [1.807, 2.05) is 25.5 Å². The molecule has 68 valence electrons. The number of nitrogens with zero attached hydrogens (tertiary/aromatic N) is 2. The molecule has 0 atom stereocenters. The summed E-state index contributed by atoms with van der Waals surface area (Å²) in [7, 11) is 1.86. The number of hydrogen-bond acceptors (Lipinski definition) is 2. The molecular formula is C8H9BrN4. The maximum absolute atomic E-state index is 5.66. The summed E-state index contributed by atoms with van der Waals surface area (Å²) in [6, 6.07) is 1.97. The molecule has 0 aliphatic rings. The van der Waals surface area contributed by atoms with E-state index < -0.39 is 0 Å². The Kier molecular flexibility index (Phi) is 1.88. The number of anilines is 1. The highest BCUT2D eigenvalue weighted by atomic mass is 79.9. The zero-order valence-electron chi connectivity index (χ0n) is 7.08. The van der Waals surface area contributed by atoms with E-state index in [2.05, 4.69) is 26.0 Å². The molecule has 0 saturated heterocycles. The van der Waals surface area contributed by atoms with E-state index >= 15 is 0 Å². The van der Waals surface area contributed by atoms with Crippen molar-refractivity contribution in [3.05, 3.63) is 22.9 Å². The minimum absolute atomic E-state index is 0.513. The topological polar surface area (TPSA) is 59.6 Å². The van der Waals surface area contributed by atoms with Gasteiger partial charge >= 0.3 is 0 Å². The second kappa shape index (κ2) is 2.92. The van der Waals surface area contributed by atoms with E-state index in [0.29, 0.717) is 5.82 Å². The van der Waals surface area contributed by atoms with Gasteiger partial charge in [0.15, 0.2) is 5.82 Å². The van der Waals surface area contributed by atoms with Crippen molar-refractivity contribution >= 4 is 21.7 Å². The van der Waals surface area contributed by atoms with Crippen LogP contribution in [-0.4, -0.2) is 14.8 Å². The van der Waals surface area contributed by atoms with Crippen molar-refractivity contribution in [2.45, 2.75) is 0 Å². The number of nitrogens with two attached hydrogens (primary N) is 1. The van der Waals surface area contributed by atoms with E-state index in [1.54, 1.807) is 4.68 Å². The van der Waals surface area contributed by atoms with Crippen LogP contribution in [0.3, 0.4) is 0 Å². The monoisotopic (exact) mass is 240 g/mol. The van der Waals surface area contributed by atoms with Gasteiger partial charge in [0.1, 0.15) is 0 Å². The van der Waals surface area contributed by atoms with Gasteiger partial charge in [-0.1, -0.05) is 0 Å². The van der Waals surface area contributed by atoms with Gasteiger partial charge in [-0.15, -0.1) is 0 Å². The van der Waals surface area contributed by atoms with Gasteiger partial charge in [-0.3, -0.25) is 4.68 Å². The second-order valence-electron chi connectivity index (χ2n) is 2.77. The van der Waals surface area contributed by atoms with Crippen molar-refractivity contribution in [1.29, 1.82) is 0 Å². The number of hydrogen-bond donors (Lipinski definition) is 2. The molecule has 2 aromatic heterocycles. The highest BCUT2D eigenvalue weighted by molar-refractivity contribution is 9.10. The molecule has 0 spiro atoms. The number of aromatic amines is 1. The summed E-state index contributed by atoms with van der Waals surface area (Å²) in [6.07, 6.45) is 3.77. The summed E-state index contributed by atoms with van der Waals surface area (Å²) in [5.74, 6) is 0.513. The van der Waals surface area contributed by atoms with Crippen LogP contribution in [0.5, 0.6) is 0 Å². The van der Waals surface area contributed by atoms with Crippen molar-refractivity contribution < 1.29 is 0 Å². The Balaban J connectivity index is 2.64. The SMILES string of the molecule is Cn1nc(N)c(Br)c1-c1cc[nH]c1. The molecule has 0 aliphatic carbocycles. The van der Waals surface area contributed by atoms with Gasteiger partial charge in [0, 0.05) is 25.0 Å². The average Bonchev–Trinajstić information content (AvgIpc) is 2.63. The first-order valence-electron chi connectivity index (χ1n) is 3.81. The maximum atomic E-state index is 5.66. The molecule has 0 radical (unpaired) electrons. The van der Waals surface area contributed by atoms with Gasteiger partial charge in [0.2, 0.25) is 0 Å². The highest BCUT2D eigenvalue weighted by Gasteiger charge is 2.12. The van der Waals surface area contributed by atoms with Crippen LogP contribution in [0, 0.1) is 0 Å². The number of aryl methyl sites for hydroxylation is 1. The number of nitrogen functional groups attached to an aromatic ring is 1. The third-order valence-electron chi connectivity index (χ3n) is 1.89. The molecule has 0 amide bonds. The number of rotatable bonds is 1. The zero-order chi connectivity index (χ0) is 9.42. The fraction of sp³-hybridized carbons (Fsp3) is 0.125. The molecule has 0 bridgehead atoms. The fourth-order valence-electron chi connectivity index (χ4n) is 1.30. The Morgan fingerprint density at radius 3 is 2.85 bits per heavy atom.